The van der Waals surface area contributed by atoms with Gasteiger partial charge < -0.3 is 20.5 Å². The number of ether oxygens (including phenoxy) is 1. The van der Waals surface area contributed by atoms with Crippen LogP contribution in [-0.2, 0) is 23.1 Å². The summed E-state index contributed by atoms with van der Waals surface area (Å²) in [5.74, 6) is -1.92. The number of benzene rings is 2. The number of carboxylic acids is 1. The minimum Gasteiger partial charge on any atom is -0.477 e. The molecule has 0 fully saturated rings. The molecule has 9 nitrogen and oxygen atoms in total. The second-order valence-corrected chi connectivity index (χ2v) is 8.48. The van der Waals surface area contributed by atoms with Gasteiger partial charge in [-0.3, -0.25) is 9.48 Å². The van der Waals surface area contributed by atoms with Crippen molar-refractivity contribution in [3.63, 3.8) is 0 Å². The average Bonchev–Trinajstić information content (AvgIpc) is 3.39. The Morgan fingerprint density at radius 1 is 1.06 bits per heavy atom. The molecule has 1 atom stereocenters. The van der Waals surface area contributed by atoms with Crippen molar-refractivity contribution in [1.82, 2.24) is 20.4 Å². The third-order valence-electron chi connectivity index (χ3n) is 6.37. The quantitative estimate of drug-likeness (QED) is 0.436. The van der Waals surface area contributed by atoms with E-state index < -0.39 is 18.0 Å². The lowest BCUT2D eigenvalue weighted by Crippen LogP contribution is -2.39. The Kier molecular flexibility index (Phi) is 7.14. The summed E-state index contributed by atoms with van der Waals surface area (Å²) in [6, 6.07) is 16.2. The number of hydrogen-bond donors (Lipinski definition) is 3. The van der Waals surface area contributed by atoms with Crippen molar-refractivity contribution in [2.45, 2.75) is 25.8 Å². The van der Waals surface area contributed by atoms with Crippen molar-refractivity contribution >= 4 is 18.0 Å². The molecule has 2 aromatic carbocycles. The first-order valence-corrected chi connectivity index (χ1v) is 11.5. The summed E-state index contributed by atoms with van der Waals surface area (Å²) in [4.78, 5) is 36.4. The summed E-state index contributed by atoms with van der Waals surface area (Å²) in [6.45, 7) is 2.19. The third-order valence-corrected chi connectivity index (χ3v) is 6.37. The Bertz CT molecular complexity index is 1210. The fraction of sp³-hybridized carbons (Fsp3) is 0.308. The summed E-state index contributed by atoms with van der Waals surface area (Å²) in [5.41, 5.74) is 4.99. The maximum absolute atomic E-state index is 12.6. The minimum absolute atomic E-state index is 0.0233. The van der Waals surface area contributed by atoms with Crippen LogP contribution in [0, 0.1) is 5.92 Å². The van der Waals surface area contributed by atoms with Gasteiger partial charge >= 0.3 is 12.1 Å². The van der Waals surface area contributed by atoms with E-state index in [2.05, 4.69) is 40.0 Å². The van der Waals surface area contributed by atoms with Crippen LogP contribution in [0.25, 0.3) is 11.1 Å². The van der Waals surface area contributed by atoms with Crippen LogP contribution in [-0.4, -0.2) is 46.0 Å². The number of aryl methyl sites for hydroxylation is 1. The zero-order chi connectivity index (χ0) is 24.9. The van der Waals surface area contributed by atoms with Gasteiger partial charge in [-0.15, -0.1) is 0 Å². The number of nitrogens with zero attached hydrogens (tertiary/aromatic N) is 2. The van der Waals surface area contributed by atoms with E-state index >= 15 is 0 Å². The number of amides is 2. The van der Waals surface area contributed by atoms with Gasteiger partial charge in [-0.05, 0) is 28.7 Å². The molecule has 0 saturated heterocycles. The first kappa shape index (κ1) is 24.0. The molecule has 0 bridgehead atoms. The third kappa shape index (κ3) is 5.03. The topological polar surface area (TPSA) is 123 Å². The van der Waals surface area contributed by atoms with Gasteiger partial charge in [0.2, 0.25) is 5.91 Å². The van der Waals surface area contributed by atoms with Crippen LogP contribution in [0.4, 0.5) is 4.79 Å². The number of carboxylic acid groups (broad SMARTS) is 1. The molecular formula is C26H28N4O5. The molecule has 2 amide bonds. The summed E-state index contributed by atoms with van der Waals surface area (Å²) < 4.78 is 6.78. The lowest BCUT2D eigenvalue weighted by atomic mass is 9.98. The van der Waals surface area contributed by atoms with Crippen molar-refractivity contribution in [3.05, 3.63) is 77.1 Å². The molecule has 35 heavy (non-hydrogen) atoms. The lowest BCUT2D eigenvalue weighted by molar-refractivity contribution is -0.125. The standard InChI is InChI=1S/C26H28N4O5/c1-3-16(24(31)27-13-17-14-29-30(2)23(17)25(32)33)12-28-26(34)35-15-22-20-10-6-4-8-18(20)19-9-5-7-11-21(19)22/h4-11,14,16,22H,3,12-13,15H2,1-2H3,(H,27,31)(H,28,34)(H,32,33). The molecule has 0 radical (unpaired) electrons. The van der Waals surface area contributed by atoms with Gasteiger partial charge in [-0.25, -0.2) is 9.59 Å². The minimum atomic E-state index is -1.11. The van der Waals surface area contributed by atoms with Gasteiger partial charge in [0, 0.05) is 31.6 Å². The molecule has 0 saturated carbocycles. The molecule has 1 heterocycles. The zero-order valence-electron chi connectivity index (χ0n) is 19.7. The van der Waals surface area contributed by atoms with Crippen molar-refractivity contribution in [2.75, 3.05) is 13.2 Å². The summed E-state index contributed by atoms with van der Waals surface area (Å²) in [5, 5.41) is 18.7. The highest BCUT2D eigenvalue weighted by atomic mass is 16.5. The Hall–Kier alpha value is -4.14. The number of aromatic nitrogens is 2. The normalized spacial score (nSPS) is 13.0. The van der Waals surface area contributed by atoms with Crippen molar-refractivity contribution in [3.8, 4) is 11.1 Å². The molecule has 4 rings (SSSR count). The van der Waals surface area contributed by atoms with Crippen LogP contribution in [0.3, 0.4) is 0 Å². The fourth-order valence-corrected chi connectivity index (χ4v) is 4.49. The van der Waals surface area contributed by atoms with Crippen LogP contribution in [0.1, 0.15) is 46.4 Å². The van der Waals surface area contributed by atoms with E-state index in [1.807, 2.05) is 31.2 Å². The molecule has 9 heteroatoms. The van der Waals surface area contributed by atoms with Crippen LogP contribution in [0.15, 0.2) is 54.7 Å². The number of rotatable bonds is 9. The van der Waals surface area contributed by atoms with E-state index in [1.54, 1.807) is 0 Å². The molecule has 0 spiro atoms. The van der Waals surface area contributed by atoms with Gasteiger partial charge in [0.05, 0.1) is 12.1 Å². The van der Waals surface area contributed by atoms with Gasteiger partial charge in [-0.1, -0.05) is 55.5 Å². The molecule has 182 valence electrons. The molecule has 1 aromatic heterocycles. The Labute approximate surface area is 203 Å². The predicted octanol–water partition coefficient (Wildman–Crippen LogP) is 3.30. The van der Waals surface area contributed by atoms with E-state index in [-0.39, 0.29) is 37.2 Å². The highest BCUT2D eigenvalue weighted by molar-refractivity contribution is 5.87. The number of nitrogens with one attached hydrogen (secondary N) is 2. The van der Waals surface area contributed by atoms with E-state index in [1.165, 1.54) is 17.9 Å². The van der Waals surface area contributed by atoms with Crippen molar-refractivity contribution in [1.29, 1.82) is 0 Å². The molecule has 1 unspecified atom stereocenters. The number of carbonyl (C=O) groups is 3. The average molecular weight is 477 g/mol. The summed E-state index contributed by atoms with van der Waals surface area (Å²) >= 11 is 0. The highest BCUT2D eigenvalue weighted by Gasteiger charge is 2.29. The molecule has 1 aliphatic rings. The molecule has 1 aliphatic carbocycles. The predicted molar refractivity (Wildman–Crippen MR) is 129 cm³/mol. The number of hydrogen-bond acceptors (Lipinski definition) is 5. The van der Waals surface area contributed by atoms with Gasteiger partial charge in [-0.2, -0.15) is 5.10 Å². The monoisotopic (exact) mass is 476 g/mol. The second kappa shape index (κ2) is 10.4. The number of alkyl carbamates (subject to hydrolysis) is 1. The molecule has 3 aromatic rings. The maximum atomic E-state index is 12.6. The molecule has 3 N–H and O–H groups in total. The number of carbonyl (C=O) groups excluding carboxylic acids is 2. The first-order valence-electron chi connectivity index (χ1n) is 11.5. The van der Waals surface area contributed by atoms with E-state index in [9.17, 15) is 19.5 Å². The van der Waals surface area contributed by atoms with Crippen LogP contribution < -0.4 is 10.6 Å². The van der Waals surface area contributed by atoms with E-state index in [0.29, 0.717) is 12.0 Å². The van der Waals surface area contributed by atoms with Crippen molar-refractivity contribution < 1.29 is 24.2 Å². The Morgan fingerprint density at radius 2 is 1.69 bits per heavy atom. The van der Waals surface area contributed by atoms with E-state index in [4.69, 9.17) is 4.74 Å². The van der Waals surface area contributed by atoms with Gasteiger partial charge in [0.15, 0.2) is 5.69 Å². The Balaban J connectivity index is 1.29. The maximum Gasteiger partial charge on any atom is 0.407 e. The number of fused-ring (bicyclic) bond motifs is 3. The Morgan fingerprint density at radius 3 is 2.29 bits per heavy atom. The van der Waals surface area contributed by atoms with Crippen molar-refractivity contribution in [2.24, 2.45) is 13.0 Å². The smallest absolute Gasteiger partial charge is 0.407 e. The largest absolute Gasteiger partial charge is 0.477 e. The van der Waals surface area contributed by atoms with Gasteiger partial charge in [0.1, 0.15) is 6.61 Å². The molecular weight excluding hydrogens is 448 g/mol. The van der Waals surface area contributed by atoms with Crippen LogP contribution >= 0.6 is 0 Å². The fourth-order valence-electron chi connectivity index (χ4n) is 4.49. The van der Waals surface area contributed by atoms with Gasteiger partial charge in [0.25, 0.3) is 0 Å². The molecule has 0 aliphatic heterocycles. The first-order chi connectivity index (χ1) is 16.9. The SMILES string of the molecule is CCC(CNC(=O)OCC1c2ccccc2-c2ccccc21)C(=O)NCc1cnn(C)c1C(=O)O. The lowest BCUT2D eigenvalue weighted by Gasteiger charge is -2.17. The highest BCUT2D eigenvalue weighted by Crippen LogP contribution is 2.44. The van der Waals surface area contributed by atoms with Crippen LogP contribution in [0.2, 0.25) is 0 Å². The summed E-state index contributed by atoms with van der Waals surface area (Å²) in [6.07, 6.45) is 1.33. The second-order valence-electron chi connectivity index (χ2n) is 8.48. The van der Waals surface area contributed by atoms with Crippen LogP contribution in [0.5, 0.6) is 0 Å². The van der Waals surface area contributed by atoms with E-state index in [0.717, 1.165) is 22.3 Å². The summed E-state index contributed by atoms with van der Waals surface area (Å²) in [7, 11) is 1.53. The number of aromatic carboxylic acids is 1. The zero-order valence-corrected chi connectivity index (χ0v) is 19.7.